The number of nitrogens with one attached hydrogen (secondary N) is 2. The molecular formula is C14H18F4N2. The quantitative estimate of drug-likeness (QED) is 0.830. The van der Waals surface area contributed by atoms with E-state index in [-0.39, 0.29) is 11.1 Å². The van der Waals surface area contributed by atoms with Crippen molar-refractivity contribution < 1.29 is 17.6 Å². The first kappa shape index (κ1) is 15.1. The van der Waals surface area contributed by atoms with Gasteiger partial charge in [0.1, 0.15) is 5.82 Å². The Morgan fingerprint density at radius 1 is 1.35 bits per heavy atom. The van der Waals surface area contributed by atoms with Crippen LogP contribution < -0.4 is 10.6 Å². The molecule has 1 aromatic carbocycles. The third kappa shape index (κ3) is 3.62. The highest BCUT2D eigenvalue weighted by atomic mass is 19.4. The van der Waals surface area contributed by atoms with Gasteiger partial charge in [0.2, 0.25) is 0 Å². The molecule has 0 bridgehead atoms. The molecular weight excluding hydrogens is 272 g/mol. The summed E-state index contributed by atoms with van der Waals surface area (Å²) in [5.74, 6) is -0.868. The van der Waals surface area contributed by atoms with Gasteiger partial charge in [-0.3, -0.25) is 0 Å². The molecule has 2 rings (SSSR count). The Hall–Kier alpha value is -1.30. The molecule has 1 aliphatic heterocycles. The molecule has 112 valence electrons. The van der Waals surface area contributed by atoms with Crippen molar-refractivity contribution in [2.45, 2.75) is 25.9 Å². The van der Waals surface area contributed by atoms with E-state index in [1.54, 1.807) is 0 Å². The summed E-state index contributed by atoms with van der Waals surface area (Å²) < 4.78 is 51.0. The smallest absolute Gasteiger partial charge is 0.382 e. The Balaban J connectivity index is 2.03. The van der Waals surface area contributed by atoms with Crippen molar-refractivity contribution in [2.24, 2.45) is 5.41 Å². The van der Waals surface area contributed by atoms with Crippen LogP contribution in [0.25, 0.3) is 0 Å². The molecule has 2 N–H and O–H groups in total. The van der Waals surface area contributed by atoms with Gasteiger partial charge >= 0.3 is 6.18 Å². The zero-order valence-electron chi connectivity index (χ0n) is 11.3. The number of rotatable bonds is 3. The predicted molar refractivity (Wildman–Crippen MR) is 70.1 cm³/mol. The topological polar surface area (TPSA) is 24.1 Å². The normalized spacial score (nSPS) is 23.6. The number of hydrogen-bond donors (Lipinski definition) is 2. The van der Waals surface area contributed by atoms with Crippen LogP contribution in [-0.4, -0.2) is 19.6 Å². The number of piperidine rings is 1. The number of alkyl halides is 3. The van der Waals surface area contributed by atoms with Gasteiger partial charge in [-0.1, -0.05) is 6.92 Å². The SMILES string of the molecule is CC1(CNc2ccc(C(F)(F)F)cc2F)CCCNC1. The lowest BCUT2D eigenvalue weighted by Crippen LogP contribution is -2.42. The minimum atomic E-state index is -4.52. The van der Waals surface area contributed by atoms with Crippen molar-refractivity contribution in [3.63, 3.8) is 0 Å². The summed E-state index contributed by atoms with van der Waals surface area (Å²) in [6.07, 6.45) is -2.46. The summed E-state index contributed by atoms with van der Waals surface area (Å²) in [6, 6.07) is 2.58. The molecule has 1 unspecified atom stereocenters. The molecule has 1 atom stereocenters. The number of benzene rings is 1. The lowest BCUT2D eigenvalue weighted by atomic mass is 9.83. The van der Waals surface area contributed by atoms with E-state index in [4.69, 9.17) is 0 Å². The van der Waals surface area contributed by atoms with E-state index >= 15 is 0 Å². The van der Waals surface area contributed by atoms with Crippen molar-refractivity contribution >= 4 is 5.69 Å². The van der Waals surface area contributed by atoms with E-state index in [0.29, 0.717) is 12.6 Å². The summed E-state index contributed by atoms with van der Waals surface area (Å²) in [5, 5.41) is 6.19. The Morgan fingerprint density at radius 3 is 2.65 bits per heavy atom. The predicted octanol–water partition coefficient (Wildman–Crippen LogP) is 3.65. The molecule has 0 spiro atoms. The molecule has 0 aliphatic carbocycles. The molecule has 0 amide bonds. The minimum Gasteiger partial charge on any atom is -0.382 e. The highest BCUT2D eigenvalue weighted by molar-refractivity contribution is 5.47. The summed E-state index contributed by atoms with van der Waals surface area (Å²) in [6.45, 7) is 4.41. The molecule has 1 saturated heterocycles. The van der Waals surface area contributed by atoms with Gasteiger partial charge in [0, 0.05) is 13.1 Å². The maximum absolute atomic E-state index is 13.7. The van der Waals surface area contributed by atoms with Crippen molar-refractivity contribution in [1.29, 1.82) is 0 Å². The molecule has 1 aromatic rings. The van der Waals surface area contributed by atoms with Crippen LogP contribution in [0.3, 0.4) is 0 Å². The van der Waals surface area contributed by atoms with E-state index in [1.165, 1.54) is 0 Å². The third-order valence-corrected chi connectivity index (χ3v) is 3.69. The van der Waals surface area contributed by atoms with Gasteiger partial charge in [-0.05, 0) is 43.0 Å². The summed E-state index contributed by atoms with van der Waals surface area (Å²) >= 11 is 0. The van der Waals surface area contributed by atoms with E-state index in [0.717, 1.165) is 38.1 Å². The van der Waals surface area contributed by atoms with Gasteiger partial charge in [-0.2, -0.15) is 13.2 Å². The second kappa shape index (κ2) is 5.60. The number of halogens is 4. The Kier molecular flexibility index (Phi) is 4.22. The van der Waals surface area contributed by atoms with Crippen LogP contribution in [0.2, 0.25) is 0 Å². The monoisotopic (exact) mass is 290 g/mol. The fourth-order valence-corrected chi connectivity index (χ4v) is 2.41. The highest BCUT2D eigenvalue weighted by Gasteiger charge is 2.31. The van der Waals surface area contributed by atoms with Crippen molar-refractivity contribution in [3.8, 4) is 0 Å². The Labute approximate surface area is 115 Å². The molecule has 20 heavy (non-hydrogen) atoms. The van der Waals surface area contributed by atoms with Gasteiger partial charge < -0.3 is 10.6 Å². The van der Waals surface area contributed by atoms with Gasteiger partial charge in [0.05, 0.1) is 11.3 Å². The first-order valence-electron chi connectivity index (χ1n) is 6.62. The largest absolute Gasteiger partial charge is 0.416 e. The second-order valence-corrected chi connectivity index (χ2v) is 5.64. The molecule has 0 radical (unpaired) electrons. The lowest BCUT2D eigenvalue weighted by molar-refractivity contribution is -0.137. The number of hydrogen-bond acceptors (Lipinski definition) is 2. The van der Waals surface area contributed by atoms with Crippen LogP contribution >= 0.6 is 0 Å². The molecule has 6 heteroatoms. The van der Waals surface area contributed by atoms with Gasteiger partial charge in [-0.15, -0.1) is 0 Å². The van der Waals surface area contributed by atoms with Gasteiger partial charge in [0.25, 0.3) is 0 Å². The van der Waals surface area contributed by atoms with Gasteiger partial charge in [0.15, 0.2) is 0 Å². The zero-order chi connectivity index (χ0) is 14.8. The van der Waals surface area contributed by atoms with Crippen LogP contribution in [0.1, 0.15) is 25.3 Å². The van der Waals surface area contributed by atoms with Crippen LogP contribution in [0.5, 0.6) is 0 Å². The van der Waals surface area contributed by atoms with E-state index < -0.39 is 17.6 Å². The molecule has 1 heterocycles. The Morgan fingerprint density at radius 2 is 2.10 bits per heavy atom. The standard InChI is InChI=1S/C14H18F4N2/c1-13(5-2-6-19-8-13)9-20-12-4-3-10(7-11(12)15)14(16,17)18/h3-4,7,19-20H,2,5-6,8-9H2,1H3. The third-order valence-electron chi connectivity index (χ3n) is 3.69. The zero-order valence-corrected chi connectivity index (χ0v) is 11.3. The fraction of sp³-hybridized carbons (Fsp3) is 0.571. The maximum Gasteiger partial charge on any atom is 0.416 e. The van der Waals surface area contributed by atoms with Crippen molar-refractivity contribution in [3.05, 3.63) is 29.6 Å². The lowest BCUT2D eigenvalue weighted by Gasteiger charge is -2.34. The molecule has 1 aliphatic rings. The summed E-state index contributed by atoms with van der Waals surface area (Å²) in [5.41, 5.74) is -0.858. The first-order chi connectivity index (χ1) is 9.30. The number of anilines is 1. The minimum absolute atomic E-state index is 0.00656. The van der Waals surface area contributed by atoms with Gasteiger partial charge in [-0.25, -0.2) is 4.39 Å². The Bertz CT molecular complexity index is 465. The highest BCUT2D eigenvalue weighted by Crippen LogP contribution is 2.32. The average molecular weight is 290 g/mol. The van der Waals surface area contributed by atoms with Crippen molar-refractivity contribution in [2.75, 3.05) is 25.0 Å². The summed E-state index contributed by atoms with van der Waals surface area (Å²) in [7, 11) is 0. The second-order valence-electron chi connectivity index (χ2n) is 5.64. The van der Waals surface area contributed by atoms with Crippen molar-refractivity contribution in [1.82, 2.24) is 5.32 Å². The molecule has 0 aromatic heterocycles. The summed E-state index contributed by atoms with van der Waals surface area (Å²) in [4.78, 5) is 0. The fourth-order valence-electron chi connectivity index (χ4n) is 2.41. The van der Waals surface area contributed by atoms with Crippen LogP contribution in [0.15, 0.2) is 18.2 Å². The van der Waals surface area contributed by atoms with Crippen LogP contribution in [0, 0.1) is 11.2 Å². The van der Waals surface area contributed by atoms with E-state index in [1.807, 2.05) is 0 Å². The van der Waals surface area contributed by atoms with Crippen LogP contribution in [-0.2, 0) is 6.18 Å². The van der Waals surface area contributed by atoms with Crippen LogP contribution in [0.4, 0.5) is 23.2 Å². The van der Waals surface area contributed by atoms with E-state index in [2.05, 4.69) is 17.6 Å². The molecule has 0 saturated carbocycles. The average Bonchev–Trinajstić information content (AvgIpc) is 2.37. The van der Waals surface area contributed by atoms with E-state index in [9.17, 15) is 17.6 Å². The maximum atomic E-state index is 13.7. The molecule has 1 fully saturated rings. The molecule has 2 nitrogen and oxygen atoms in total. The first-order valence-corrected chi connectivity index (χ1v) is 6.62.